The molecule has 0 fully saturated rings. The molecule has 12 heavy (non-hydrogen) atoms. The Kier molecular flexibility index (Phi) is 2.41. The van der Waals surface area contributed by atoms with Crippen LogP contribution < -0.4 is 0 Å². The van der Waals surface area contributed by atoms with Crippen LogP contribution in [0.3, 0.4) is 0 Å². The van der Waals surface area contributed by atoms with Gasteiger partial charge in [0, 0.05) is 5.38 Å². The van der Waals surface area contributed by atoms with Gasteiger partial charge in [-0.2, -0.15) is 5.26 Å². The van der Waals surface area contributed by atoms with Gasteiger partial charge in [-0.3, -0.25) is 10.1 Å². The Bertz CT molecular complexity index is 351. The normalized spacial score (nSPS) is 9.33. The number of nitriles is 1. The molecule has 0 spiro atoms. The molecule has 1 rings (SSSR count). The number of rotatable bonds is 2. The molecule has 1 aromatic heterocycles. The Morgan fingerprint density at radius 3 is 2.92 bits per heavy atom. The standard InChI is InChI=1S/C7H6N2O2S/c1-2-6-5(3-8)4-12-7(6)9(10)11/h4H,2H2,1H3. The van der Waals surface area contributed by atoms with Gasteiger partial charge in [0.2, 0.25) is 0 Å². The van der Waals surface area contributed by atoms with E-state index < -0.39 is 4.92 Å². The quantitative estimate of drug-likeness (QED) is 0.519. The largest absolute Gasteiger partial charge is 0.328 e. The molecule has 5 heteroatoms. The molecule has 0 radical (unpaired) electrons. The van der Waals surface area contributed by atoms with E-state index in [2.05, 4.69) is 0 Å². The Labute approximate surface area is 73.2 Å². The van der Waals surface area contributed by atoms with Gasteiger partial charge in [-0.1, -0.05) is 18.3 Å². The van der Waals surface area contributed by atoms with Crippen LogP contribution in [0.25, 0.3) is 0 Å². The van der Waals surface area contributed by atoms with Crippen molar-refractivity contribution in [2.45, 2.75) is 13.3 Å². The molecule has 0 amide bonds. The minimum atomic E-state index is -0.440. The maximum Gasteiger partial charge on any atom is 0.328 e. The lowest BCUT2D eigenvalue weighted by molar-refractivity contribution is -0.380. The summed E-state index contributed by atoms with van der Waals surface area (Å²) in [6.45, 7) is 1.80. The predicted molar refractivity (Wildman–Crippen MR) is 45.1 cm³/mol. The van der Waals surface area contributed by atoms with E-state index in [-0.39, 0.29) is 5.00 Å². The molecule has 1 heterocycles. The highest BCUT2D eigenvalue weighted by Gasteiger charge is 2.18. The smallest absolute Gasteiger partial charge is 0.258 e. The lowest BCUT2D eigenvalue weighted by Gasteiger charge is -1.90. The lowest BCUT2D eigenvalue weighted by atomic mass is 10.1. The van der Waals surface area contributed by atoms with Crippen LogP contribution in [0.2, 0.25) is 0 Å². The average Bonchev–Trinajstić information content (AvgIpc) is 2.46. The summed E-state index contributed by atoms with van der Waals surface area (Å²) in [6.07, 6.45) is 0.530. The molecule has 0 aromatic carbocycles. The van der Waals surface area contributed by atoms with E-state index in [1.165, 1.54) is 5.38 Å². The maximum absolute atomic E-state index is 10.4. The van der Waals surface area contributed by atoms with Crippen molar-refractivity contribution in [2.75, 3.05) is 0 Å². The van der Waals surface area contributed by atoms with Crippen molar-refractivity contribution in [3.63, 3.8) is 0 Å². The fourth-order valence-electron chi connectivity index (χ4n) is 0.961. The Morgan fingerprint density at radius 2 is 2.50 bits per heavy atom. The molecule has 1 aromatic rings. The third-order valence-electron chi connectivity index (χ3n) is 1.51. The monoisotopic (exact) mass is 182 g/mol. The number of nitrogens with zero attached hydrogens (tertiary/aromatic N) is 2. The molecule has 0 aliphatic rings. The van der Waals surface area contributed by atoms with E-state index in [1.54, 1.807) is 6.92 Å². The van der Waals surface area contributed by atoms with Gasteiger partial charge in [0.05, 0.1) is 16.1 Å². The highest BCUT2D eigenvalue weighted by molar-refractivity contribution is 7.13. The predicted octanol–water partition coefficient (Wildman–Crippen LogP) is 2.09. The summed E-state index contributed by atoms with van der Waals surface area (Å²) < 4.78 is 0. The second kappa shape index (κ2) is 3.32. The summed E-state index contributed by atoms with van der Waals surface area (Å²) in [5, 5.41) is 20.6. The van der Waals surface area contributed by atoms with Crippen LogP contribution in [0.4, 0.5) is 5.00 Å². The van der Waals surface area contributed by atoms with E-state index in [0.717, 1.165) is 11.3 Å². The minimum absolute atomic E-state index is 0.0917. The molecule has 0 aliphatic heterocycles. The highest BCUT2D eigenvalue weighted by Crippen LogP contribution is 2.29. The summed E-state index contributed by atoms with van der Waals surface area (Å²) >= 11 is 1.01. The van der Waals surface area contributed by atoms with Crippen LogP contribution in [-0.4, -0.2) is 4.92 Å². The summed E-state index contributed by atoms with van der Waals surface area (Å²) in [6, 6.07) is 1.93. The summed E-state index contributed by atoms with van der Waals surface area (Å²) in [7, 11) is 0. The number of thiophene rings is 1. The van der Waals surface area contributed by atoms with Crippen LogP contribution in [0.15, 0.2) is 5.38 Å². The van der Waals surface area contributed by atoms with Crippen LogP contribution in [0, 0.1) is 21.4 Å². The zero-order chi connectivity index (χ0) is 9.14. The van der Waals surface area contributed by atoms with Gasteiger partial charge in [0.15, 0.2) is 0 Å². The minimum Gasteiger partial charge on any atom is -0.258 e. The maximum atomic E-state index is 10.4. The van der Waals surface area contributed by atoms with Crippen LogP contribution >= 0.6 is 11.3 Å². The van der Waals surface area contributed by atoms with Crippen molar-refractivity contribution >= 4 is 16.3 Å². The van der Waals surface area contributed by atoms with E-state index in [0.29, 0.717) is 17.5 Å². The number of nitro groups is 1. The second-order valence-electron chi connectivity index (χ2n) is 2.16. The molecule has 0 atom stereocenters. The molecule has 0 unspecified atom stereocenters. The first-order valence-corrected chi connectivity index (χ1v) is 4.23. The lowest BCUT2D eigenvalue weighted by Crippen LogP contribution is -1.90. The van der Waals surface area contributed by atoms with Gasteiger partial charge in [0.25, 0.3) is 0 Å². The third kappa shape index (κ3) is 1.29. The molecular weight excluding hydrogens is 176 g/mol. The summed E-state index contributed by atoms with van der Waals surface area (Å²) in [4.78, 5) is 9.98. The van der Waals surface area contributed by atoms with E-state index in [9.17, 15) is 10.1 Å². The SMILES string of the molecule is CCc1c(C#N)csc1[N+](=O)[O-]. The number of hydrogen-bond acceptors (Lipinski definition) is 4. The van der Waals surface area contributed by atoms with Crippen molar-refractivity contribution in [2.24, 2.45) is 0 Å². The zero-order valence-electron chi connectivity index (χ0n) is 6.40. The van der Waals surface area contributed by atoms with Gasteiger partial charge in [-0.15, -0.1) is 0 Å². The third-order valence-corrected chi connectivity index (χ3v) is 2.48. The Hall–Kier alpha value is -1.41. The van der Waals surface area contributed by atoms with Crippen molar-refractivity contribution in [3.05, 3.63) is 26.6 Å². The summed E-state index contributed by atoms with van der Waals surface area (Å²) in [5.41, 5.74) is 0.974. The van der Waals surface area contributed by atoms with Gasteiger partial charge in [0.1, 0.15) is 6.07 Å². The molecule has 0 saturated carbocycles. The van der Waals surface area contributed by atoms with Crippen LogP contribution in [-0.2, 0) is 6.42 Å². The molecule has 62 valence electrons. The Morgan fingerprint density at radius 1 is 1.83 bits per heavy atom. The average molecular weight is 182 g/mol. The van der Waals surface area contributed by atoms with Gasteiger partial charge in [-0.05, 0) is 6.42 Å². The van der Waals surface area contributed by atoms with E-state index in [1.807, 2.05) is 6.07 Å². The molecule has 0 aliphatic carbocycles. The van der Waals surface area contributed by atoms with Crippen LogP contribution in [0.1, 0.15) is 18.1 Å². The fraction of sp³-hybridized carbons (Fsp3) is 0.286. The highest BCUT2D eigenvalue weighted by atomic mass is 32.1. The molecule has 0 N–H and O–H groups in total. The molecule has 0 saturated heterocycles. The molecule has 0 bridgehead atoms. The summed E-state index contributed by atoms with van der Waals surface area (Å²) in [5.74, 6) is 0. The van der Waals surface area contributed by atoms with Crippen molar-refractivity contribution < 1.29 is 4.92 Å². The number of hydrogen-bond donors (Lipinski definition) is 0. The van der Waals surface area contributed by atoms with E-state index >= 15 is 0 Å². The van der Waals surface area contributed by atoms with Crippen molar-refractivity contribution in [1.29, 1.82) is 5.26 Å². The van der Waals surface area contributed by atoms with Crippen molar-refractivity contribution in [1.82, 2.24) is 0 Å². The van der Waals surface area contributed by atoms with Crippen molar-refractivity contribution in [3.8, 4) is 6.07 Å². The first-order valence-electron chi connectivity index (χ1n) is 3.35. The second-order valence-corrected chi connectivity index (χ2v) is 3.01. The van der Waals surface area contributed by atoms with E-state index in [4.69, 9.17) is 5.26 Å². The van der Waals surface area contributed by atoms with Gasteiger partial charge in [-0.25, -0.2) is 0 Å². The fourth-order valence-corrected chi connectivity index (χ4v) is 1.87. The first kappa shape index (κ1) is 8.68. The van der Waals surface area contributed by atoms with Gasteiger partial charge < -0.3 is 0 Å². The first-order chi connectivity index (χ1) is 5.70. The van der Waals surface area contributed by atoms with Crippen LogP contribution in [0.5, 0.6) is 0 Å². The van der Waals surface area contributed by atoms with Gasteiger partial charge >= 0.3 is 5.00 Å². The Balaban J connectivity index is 3.25. The topological polar surface area (TPSA) is 66.9 Å². The zero-order valence-corrected chi connectivity index (χ0v) is 7.22. The molecular formula is C7H6N2O2S. The molecule has 4 nitrogen and oxygen atoms in total.